The minimum atomic E-state index is -0.272. The Morgan fingerprint density at radius 3 is 2.66 bits per heavy atom. The molecule has 3 N–H and O–H groups in total. The molecule has 4 rings (SSSR count). The summed E-state index contributed by atoms with van der Waals surface area (Å²) >= 11 is 0. The zero-order valence-corrected chi connectivity index (χ0v) is 16.3. The predicted molar refractivity (Wildman–Crippen MR) is 109 cm³/mol. The number of carbonyl (C=O) groups is 2. The number of benzene rings is 1. The van der Waals surface area contributed by atoms with Crippen LogP contribution in [0.5, 0.6) is 5.75 Å². The second-order valence-corrected chi connectivity index (χ2v) is 7.17. The normalized spacial score (nSPS) is 13.3. The number of hydrogen-bond acceptors (Lipinski definition) is 4. The molecule has 2 aromatic heterocycles. The summed E-state index contributed by atoms with van der Waals surface area (Å²) in [6.45, 7) is 2.37. The molecule has 3 aromatic rings. The standard InChI is InChI=1S/C21H23N5O3/c1-3-22-21(29)26-18(13-6-7-13)12-16(24-26)15-9-8-14(11-19(15)27)23-20(28)17-5-4-10-25(17)2/h4-5,8-13,27H,3,6-7H2,1-2H3,(H,22,29)(H,23,28). The summed E-state index contributed by atoms with van der Waals surface area (Å²) in [5.74, 6) is 0.0450. The van der Waals surface area contributed by atoms with Crippen LogP contribution >= 0.6 is 0 Å². The summed E-state index contributed by atoms with van der Waals surface area (Å²) in [6.07, 6.45) is 3.85. The fourth-order valence-corrected chi connectivity index (χ4v) is 3.30. The van der Waals surface area contributed by atoms with Crippen molar-refractivity contribution in [3.8, 4) is 17.0 Å². The van der Waals surface area contributed by atoms with E-state index >= 15 is 0 Å². The largest absolute Gasteiger partial charge is 0.507 e. The van der Waals surface area contributed by atoms with Crippen LogP contribution in [0.25, 0.3) is 11.3 Å². The Morgan fingerprint density at radius 2 is 2.03 bits per heavy atom. The molecule has 0 spiro atoms. The summed E-state index contributed by atoms with van der Waals surface area (Å²) < 4.78 is 3.11. The molecule has 1 aliphatic rings. The van der Waals surface area contributed by atoms with E-state index in [2.05, 4.69) is 15.7 Å². The minimum absolute atomic E-state index is 0.0161. The highest BCUT2D eigenvalue weighted by Crippen LogP contribution is 2.42. The van der Waals surface area contributed by atoms with Gasteiger partial charge in [0.1, 0.15) is 11.4 Å². The van der Waals surface area contributed by atoms with Crippen LogP contribution in [0, 0.1) is 0 Å². The Balaban J connectivity index is 1.60. The molecule has 8 nitrogen and oxygen atoms in total. The maximum atomic E-state index is 12.4. The van der Waals surface area contributed by atoms with Gasteiger partial charge in [-0.3, -0.25) is 4.79 Å². The van der Waals surface area contributed by atoms with Gasteiger partial charge in [0.15, 0.2) is 0 Å². The molecule has 0 saturated heterocycles. The topological polar surface area (TPSA) is 101 Å². The molecule has 0 atom stereocenters. The Kier molecular flexibility index (Phi) is 4.84. The highest BCUT2D eigenvalue weighted by Gasteiger charge is 2.30. The van der Waals surface area contributed by atoms with E-state index in [1.165, 1.54) is 10.7 Å². The first-order chi connectivity index (χ1) is 14.0. The van der Waals surface area contributed by atoms with Crippen molar-refractivity contribution in [3.05, 3.63) is 54.0 Å². The first-order valence-electron chi connectivity index (χ1n) is 9.62. The Hall–Kier alpha value is -3.55. The molecular formula is C21H23N5O3. The molecule has 2 heterocycles. The molecule has 2 amide bonds. The van der Waals surface area contributed by atoms with E-state index in [0.717, 1.165) is 18.5 Å². The smallest absolute Gasteiger partial charge is 0.342 e. The van der Waals surface area contributed by atoms with E-state index in [1.54, 1.807) is 42.1 Å². The third-order valence-electron chi connectivity index (χ3n) is 4.96. The van der Waals surface area contributed by atoms with Gasteiger partial charge < -0.3 is 20.3 Å². The number of nitrogens with zero attached hydrogens (tertiary/aromatic N) is 3. The zero-order valence-electron chi connectivity index (χ0n) is 16.3. The monoisotopic (exact) mass is 393 g/mol. The molecule has 8 heteroatoms. The van der Waals surface area contributed by atoms with Crippen molar-refractivity contribution in [1.82, 2.24) is 19.7 Å². The van der Waals surface area contributed by atoms with Crippen molar-refractivity contribution >= 4 is 17.6 Å². The van der Waals surface area contributed by atoms with Crippen LogP contribution in [0.4, 0.5) is 10.5 Å². The quantitative estimate of drug-likeness (QED) is 0.619. The molecule has 0 bridgehead atoms. The van der Waals surface area contributed by atoms with Gasteiger partial charge in [-0.1, -0.05) is 0 Å². The molecule has 1 aliphatic carbocycles. The van der Waals surface area contributed by atoms with Crippen molar-refractivity contribution in [2.75, 3.05) is 11.9 Å². The fourth-order valence-electron chi connectivity index (χ4n) is 3.30. The molecule has 0 aliphatic heterocycles. The number of rotatable bonds is 5. The fraction of sp³-hybridized carbons (Fsp3) is 0.286. The molecule has 0 unspecified atom stereocenters. The number of nitrogens with one attached hydrogen (secondary N) is 2. The van der Waals surface area contributed by atoms with E-state index < -0.39 is 0 Å². The zero-order chi connectivity index (χ0) is 20.5. The third kappa shape index (κ3) is 3.73. The van der Waals surface area contributed by atoms with Gasteiger partial charge in [0, 0.05) is 43.0 Å². The van der Waals surface area contributed by atoms with Gasteiger partial charge in [0.05, 0.1) is 11.4 Å². The average molecular weight is 393 g/mol. The highest BCUT2D eigenvalue weighted by atomic mass is 16.3. The van der Waals surface area contributed by atoms with Gasteiger partial charge in [-0.05, 0) is 50.1 Å². The summed E-state index contributed by atoms with van der Waals surface area (Å²) in [5, 5.41) is 20.5. The second-order valence-electron chi connectivity index (χ2n) is 7.17. The van der Waals surface area contributed by atoms with E-state index in [9.17, 15) is 14.7 Å². The van der Waals surface area contributed by atoms with Gasteiger partial charge in [-0.2, -0.15) is 9.78 Å². The van der Waals surface area contributed by atoms with Crippen molar-refractivity contribution < 1.29 is 14.7 Å². The van der Waals surface area contributed by atoms with E-state index in [4.69, 9.17) is 0 Å². The second kappa shape index (κ2) is 7.46. The van der Waals surface area contributed by atoms with Gasteiger partial charge in [-0.25, -0.2) is 4.79 Å². The highest BCUT2D eigenvalue weighted by molar-refractivity contribution is 6.03. The molecule has 1 saturated carbocycles. The molecule has 1 fully saturated rings. The number of phenolic OH excluding ortho intramolecular Hbond substituents is 1. The summed E-state index contributed by atoms with van der Waals surface area (Å²) in [5.41, 5.74) is 2.88. The lowest BCUT2D eigenvalue weighted by Gasteiger charge is -2.08. The van der Waals surface area contributed by atoms with Crippen molar-refractivity contribution in [2.45, 2.75) is 25.7 Å². The summed E-state index contributed by atoms with van der Waals surface area (Å²) in [4.78, 5) is 24.7. The first kappa shape index (κ1) is 18.8. The van der Waals surface area contributed by atoms with Gasteiger partial charge in [0.2, 0.25) is 0 Å². The number of phenols is 1. The molecule has 150 valence electrons. The Bertz CT molecular complexity index is 1080. The number of amides is 2. The number of aromatic nitrogens is 3. The SMILES string of the molecule is CCNC(=O)n1nc(-c2ccc(NC(=O)c3cccn3C)cc2O)cc1C1CC1. The third-order valence-corrected chi connectivity index (χ3v) is 4.96. The predicted octanol–water partition coefficient (Wildman–Crippen LogP) is 3.30. The van der Waals surface area contributed by atoms with Gasteiger partial charge >= 0.3 is 6.03 Å². The van der Waals surface area contributed by atoms with Crippen molar-refractivity contribution in [3.63, 3.8) is 0 Å². The summed E-state index contributed by atoms with van der Waals surface area (Å²) in [6, 6.07) is 9.97. The van der Waals surface area contributed by atoms with Gasteiger partial charge in [-0.15, -0.1) is 0 Å². The van der Waals surface area contributed by atoms with E-state index in [1.807, 2.05) is 13.0 Å². The molecule has 0 radical (unpaired) electrons. The lowest BCUT2D eigenvalue weighted by molar-refractivity contribution is 0.101. The van der Waals surface area contributed by atoms with Crippen LogP contribution < -0.4 is 10.6 Å². The minimum Gasteiger partial charge on any atom is -0.507 e. The number of hydrogen-bond donors (Lipinski definition) is 3. The number of aromatic hydroxyl groups is 1. The van der Waals surface area contributed by atoms with Crippen LogP contribution in [0.3, 0.4) is 0 Å². The summed E-state index contributed by atoms with van der Waals surface area (Å²) in [7, 11) is 1.79. The lowest BCUT2D eigenvalue weighted by atomic mass is 10.1. The van der Waals surface area contributed by atoms with Crippen molar-refractivity contribution in [1.29, 1.82) is 0 Å². The molecule has 1 aromatic carbocycles. The number of carbonyl (C=O) groups excluding carboxylic acids is 2. The maximum absolute atomic E-state index is 12.4. The first-order valence-corrected chi connectivity index (χ1v) is 9.62. The van der Waals surface area contributed by atoms with E-state index in [0.29, 0.717) is 35.1 Å². The molecular weight excluding hydrogens is 370 g/mol. The van der Waals surface area contributed by atoms with Crippen LogP contribution in [-0.4, -0.2) is 37.9 Å². The van der Waals surface area contributed by atoms with Crippen LogP contribution in [-0.2, 0) is 7.05 Å². The number of anilines is 1. The van der Waals surface area contributed by atoms with Gasteiger partial charge in [0.25, 0.3) is 5.91 Å². The van der Waals surface area contributed by atoms with E-state index in [-0.39, 0.29) is 17.7 Å². The van der Waals surface area contributed by atoms with Crippen LogP contribution in [0.15, 0.2) is 42.6 Å². The Morgan fingerprint density at radius 1 is 1.24 bits per heavy atom. The average Bonchev–Trinajstić information content (AvgIpc) is 3.28. The number of aryl methyl sites for hydroxylation is 1. The van der Waals surface area contributed by atoms with Crippen LogP contribution in [0.1, 0.15) is 41.9 Å². The maximum Gasteiger partial charge on any atom is 0.342 e. The Labute approximate surface area is 168 Å². The van der Waals surface area contributed by atoms with Crippen LogP contribution in [0.2, 0.25) is 0 Å². The molecule has 29 heavy (non-hydrogen) atoms. The lowest BCUT2D eigenvalue weighted by Crippen LogP contribution is -2.30. The van der Waals surface area contributed by atoms with Crippen molar-refractivity contribution in [2.24, 2.45) is 7.05 Å².